The quantitative estimate of drug-likeness (QED) is 0.557. The highest BCUT2D eigenvalue weighted by Crippen LogP contribution is 2.33. The number of carbonyl (C=O) groups excluding carboxylic acids is 1. The highest BCUT2D eigenvalue weighted by atomic mass is 16.7. The maximum Gasteiger partial charge on any atom is 0.231 e. The van der Waals surface area contributed by atoms with Crippen LogP contribution in [0, 0.1) is 5.92 Å². The standard InChI is InChI=1S/C22H26N8O3/c1-2-30-21-19(25-26-30)20(23-13-24-21)29-11-16(12-29)22(31)28-7-5-27(6-8-28)10-15-3-4-17-18(9-15)33-14-32-17/h3-4,9,13,16H,2,5-8,10-12,14H2,1H3. The molecule has 11 nitrogen and oxygen atoms in total. The maximum absolute atomic E-state index is 13.0. The molecular weight excluding hydrogens is 424 g/mol. The number of hydrogen-bond donors (Lipinski definition) is 0. The summed E-state index contributed by atoms with van der Waals surface area (Å²) >= 11 is 0. The molecule has 0 radical (unpaired) electrons. The minimum Gasteiger partial charge on any atom is -0.454 e. The van der Waals surface area contributed by atoms with E-state index >= 15 is 0 Å². The van der Waals surface area contributed by atoms with Gasteiger partial charge in [0.25, 0.3) is 0 Å². The Balaban J connectivity index is 1.02. The summed E-state index contributed by atoms with van der Waals surface area (Å²) in [6, 6.07) is 6.09. The van der Waals surface area contributed by atoms with Gasteiger partial charge in [-0.1, -0.05) is 11.3 Å². The van der Waals surface area contributed by atoms with E-state index in [2.05, 4.69) is 36.1 Å². The average molecular weight is 451 g/mol. The first-order valence-electron chi connectivity index (χ1n) is 11.4. The Morgan fingerprint density at radius 1 is 1.09 bits per heavy atom. The van der Waals surface area contributed by atoms with Crippen LogP contribution < -0.4 is 14.4 Å². The summed E-state index contributed by atoms with van der Waals surface area (Å²) < 4.78 is 12.6. The van der Waals surface area contributed by atoms with E-state index in [0.29, 0.717) is 31.9 Å². The van der Waals surface area contributed by atoms with Gasteiger partial charge in [-0.15, -0.1) is 5.10 Å². The molecule has 11 heteroatoms. The number of rotatable bonds is 5. The molecule has 5 heterocycles. The van der Waals surface area contributed by atoms with E-state index in [1.54, 1.807) is 11.0 Å². The number of benzene rings is 1. The van der Waals surface area contributed by atoms with Gasteiger partial charge in [-0.05, 0) is 24.6 Å². The van der Waals surface area contributed by atoms with Crippen molar-refractivity contribution in [2.45, 2.75) is 20.0 Å². The summed E-state index contributed by atoms with van der Waals surface area (Å²) in [4.78, 5) is 28.2. The van der Waals surface area contributed by atoms with E-state index in [9.17, 15) is 4.79 Å². The lowest BCUT2D eigenvalue weighted by atomic mass is 9.98. The zero-order valence-corrected chi connectivity index (χ0v) is 18.6. The molecule has 2 aromatic heterocycles. The number of carbonyl (C=O) groups is 1. The summed E-state index contributed by atoms with van der Waals surface area (Å²) in [5, 5.41) is 8.39. The average Bonchev–Trinajstić information content (AvgIpc) is 3.45. The van der Waals surface area contributed by atoms with Crippen molar-refractivity contribution in [3.05, 3.63) is 30.1 Å². The minimum absolute atomic E-state index is 0.00311. The van der Waals surface area contributed by atoms with Gasteiger partial charge < -0.3 is 19.3 Å². The fourth-order valence-electron chi connectivity index (χ4n) is 4.71. The molecule has 3 aliphatic heterocycles. The van der Waals surface area contributed by atoms with E-state index in [1.165, 1.54) is 5.56 Å². The number of aryl methyl sites for hydroxylation is 1. The fourth-order valence-corrected chi connectivity index (χ4v) is 4.71. The smallest absolute Gasteiger partial charge is 0.231 e. The number of amides is 1. The molecular formula is C22H26N8O3. The van der Waals surface area contributed by atoms with Crippen LogP contribution in [0.5, 0.6) is 11.5 Å². The van der Waals surface area contributed by atoms with Crippen LogP contribution in [0.1, 0.15) is 12.5 Å². The van der Waals surface area contributed by atoms with Gasteiger partial charge >= 0.3 is 0 Å². The highest BCUT2D eigenvalue weighted by Gasteiger charge is 2.38. The number of ether oxygens (including phenoxy) is 2. The van der Waals surface area contributed by atoms with Crippen molar-refractivity contribution in [1.29, 1.82) is 0 Å². The number of nitrogens with zero attached hydrogens (tertiary/aromatic N) is 8. The second kappa shape index (κ2) is 8.14. The van der Waals surface area contributed by atoms with E-state index in [0.717, 1.165) is 55.7 Å². The lowest BCUT2D eigenvalue weighted by molar-refractivity contribution is -0.138. The molecule has 1 aromatic carbocycles. The van der Waals surface area contributed by atoms with Gasteiger partial charge in [0.1, 0.15) is 6.33 Å². The fraction of sp³-hybridized carbons (Fsp3) is 0.500. The number of anilines is 1. The lowest BCUT2D eigenvalue weighted by Gasteiger charge is -2.43. The molecule has 2 saturated heterocycles. The van der Waals surface area contributed by atoms with Crippen LogP contribution in [-0.2, 0) is 17.9 Å². The number of aromatic nitrogens is 5. The number of fused-ring (bicyclic) bond motifs is 2. The third kappa shape index (κ3) is 3.62. The second-order valence-electron chi connectivity index (χ2n) is 8.67. The first-order valence-corrected chi connectivity index (χ1v) is 11.4. The predicted octanol–water partition coefficient (Wildman–Crippen LogP) is 0.751. The molecule has 0 N–H and O–H groups in total. The van der Waals surface area contributed by atoms with E-state index in [4.69, 9.17) is 9.47 Å². The highest BCUT2D eigenvalue weighted by molar-refractivity contribution is 5.86. The Morgan fingerprint density at radius 2 is 1.91 bits per heavy atom. The van der Waals surface area contributed by atoms with E-state index < -0.39 is 0 Å². The van der Waals surface area contributed by atoms with Crippen LogP contribution in [-0.4, -0.2) is 86.7 Å². The van der Waals surface area contributed by atoms with E-state index in [-0.39, 0.29) is 11.8 Å². The van der Waals surface area contributed by atoms with Gasteiger partial charge in [-0.3, -0.25) is 9.69 Å². The van der Waals surface area contributed by atoms with Crippen LogP contribution in [0.4, 0.5) is 5.82 Å². The Morgan fingerprint density at radius 3 is 2.73 bits per heavy atom. The summed E-state index contributed by atoms with van der Waals surface area (Å²) in [5.74, 6) is 2.61. The summed E-state index contributed by atoms with van der Waals surface area (Å²) in [5.41, 5.74) is 2.63. The first kappa shape index (κ1) is 20.2. The minimum atomic E-state index is -0.00311. The topological polar surface area (TPSA) is 102 Å². The van der Waals surface area contributed by atoms with Gasteiger partial charge in [-0.25, -0.2) is 14.6 Å². The summed E-state index contributed by atoms with van der Waals surface area (Å²) in [6.45, 7) is 8.38. The van der Waals surface area contributed by atoms with Crippen LogP contribution in [0.2, 0.25) is 0 Å². The molecule has 3 aliphatic rings. The third-order valence-electron chi connectivity index (χ3n) is 6.64. The Hall–Kier alpha value is -3.47. The summed E-state index contributed by atoms with van der Waals surface area (Å²) in [6.07, 6.45) is 1.54. The van der Waals surface area contributed by atoms with Crippen molar-refractivity contribution in [3.63, 3.8) is 0 Å². The Labute approximate surface area is 190 Å². The van der Waals surface area contributed by atoms with Gasteiger partial charge in [-0.2, -0.15) is 0 Å². The van der Waals surface area contributed by atoms with Crippen molar-refractivity contribution in [2.24, 2.45) is 5.92 Å². The molecule has 172 valence electrons. The zero-order valence-electron chi connectivity index (χ0n) is 18.6. The third-order valence-corrected chi connectivity index (χ3v) is 6.64. The first-order chi connectivity index (χ1) is 16.2. The Kier molecular flexibility index (Phi) is 4.97. The molecule has 0 spiro atoms. The van der Waals surface area contributed by atoms with Crippen LogP contribution >= 0.6 is 0 Å². The van der Waals surface area contributed by atoms with Crippen molar-refractivity contribution < 1.29 is 14.3 Å². The molecule has 0 aliphatic carbocycles. The summed E-state index contributed by atoms with van der Waals surface area (Å²) in [7, 11) is 0. The zero-order chi connectivity index (χ0) is 22.4. The monoisotopic (exact) mass is 450 g/mol. The SMILES string of the molecule is CCn1nnc2c(N3CC(C(=O)N4CCN(Cc5ccc6c(c5)OCO6)CC4)C3)ncnc21. The molecule has 3 aromatic rings. The van der Waals surface area contributed by atoms with Gasteiger partial charge in [0.15, 0.2) is 28.5 Å². The van der Waals surface area contributed by atoms with Crippen LogP contribution in [0.15, 0.2) is 24.5 Å². The molecule has 0 bridgehead atoms. The largest absolute Gasteiger partial charge is 0.454 e. The van der Waals surface area contributed by atoms with Crippen LogP contribution in [0.3, 0.4) is 0 Å². The number of hydrogen-bond acceptors (Lipinski definition) is 9. The van der Waals surface area contributed by atoms with Crippen molar-refractivity contribution in [3.8, 4) is 11.5 Å². The second-order valence-corrected chi connectivity index (χ2v) is 8.67. The molecule has 0 saturated carbocycles. The normalized spacial score (nSPS) is 18.7. The molecule has 1 amide bonds. The van der Waals surface area contributed by atoms with Gasteiger partial charge in [0, 0.05) is 52.4 Å². The molecule has 2 fully saturated rings. The maximum atomic E-state index is 13.0. The lowest BCUT2D eigenvalue weighted by Crippen LogP contribution is -2.58. The van der Waals surface area contributed by atoms with Crippen molar-refractivity contribution >= 4 is 22.9 Å². The Bertz CT molecular complexity index is 1180. The van der Waals surface area contributed by atoms with Gasteiger partial charge in [0.05, 0.1) is 5.92 Å². The van der Waals surface area contributed by atoms with Crippen molar-refractivity contribution in [1.82, 2.24) is 34.8 Å². The van der Waals surface area contributed by atoms with E-state index in [1.807, 2.05) is 24.0 Å². The molecule has 33 heavy (non-hydrogen) atoms. The molecule has 0 unspecified atom stereocenters. The molecule has 6 rings (SSSR count). The van der Waals surface area contributed by atoms with Crippen LogP contribution in [0.25, 0.3) is 11.2 Å². The number of piperazine rings is 1. The van der Waals surface area contributed by atoms with Crippen molar-refractivity contribution in [2.75, 3.05) is 51.0 Å². The predicted molar refractivity (Wildman–Crippen MR) is 119 cm³/mol. The van der Waals surface area contributed by atoms with Gasteiger partial charge in [0.2, 0.25) is 12.7 Å². The molecule has 0 atom stereocenters.